The molecule has 0 aliphatic carbocycles. The number of fused-ring (bicyclic) bond motifs is 1. The molecule has 0 aliphatic rings. The normalized spacial score (nSPS) is 11.0. The summed E-state index contributed by atoms with van der Waals surface area (Å²) in [5.74, 6) is -0.230. The second-order valence-electron chi connectivity index (χ2n) is 4.93. The van der Waals surface area contributed by atoms with Gasteiger partial charge in [0.05, 0.1) is 12.9 Å². The van der Waals surface area contributed by atoms with Crippen molar-refractivity contribution < 1.29 is 9.53 Å². The van der Waals surface area contributed by atoms with Gasteiger partial charge < -0.3 is 14.5 Å². The van der Waals surface area contributed by atoms with Crippen molar-refractivity contribution in [3.05, 3.63) is 72.4 Å². The number of benzene rings is 1. The fourth-order valence-electron chi connectivity index (χ4n) is 2.16. The summed E-state index contributed by atoms with van der Waals surface area (Å²) in [5.41, 5.74) is 2.81. The lowest BCUT2D eigenvalue weighted by atomic mass is 10.3. The number of para-hydroxylation sites is 1. The van der Waals surface area contributed by atoms with Crippen LogP contribution in [-0.2, 0) is 4.74 Å². The minimum Gasteiger partial charge on any atom is -0.501 e. The maximum Gasteiger partial charge on any atom is 0.275 e. The second kappa shape index (κ2) is 6.79. The molecule has 0 fully saturated rings. The number of aromatic nitrogens is 2. The first-order valence-electron chi connectivity index (χ1n) is 7.39. The predicted molar refractivity (Wildman–Crippen MR) is 90.2 cm³/mol. The highest BCUT2D eigenvalue weighted by Gasteiger charge is 2.10. The van der Waals surface area contributed by atoms with Gasteiger partial charge in [-0.25, -0.2) is 4.98 Å². The lowest BCUT2D eigenvalue weighted by Gasteiger charge is -2.01. The Morgan fingerprint density at radius 1 is 1.22 bits per heavy atom. The highest BCUT2D eigenvalue weighted by molar-refractivity contribution is 6.03. The molecule has 0 unspecified atom stereocenters. The second-order valence-corrected chi connectivity index (χ2v) is 4.93. The number of nitrogens with one attached hydrogen (secondary N) is 1. The van der Waals surface area contributed by atoms with Gasteiger partial charge in [0.1, 0.15) is 11.3 Å². The molecule has 3 rings (SSSR count). The standard InChI is InChI=1S/C18H17N3O2/c1-2-23-11-10-14-8-9-17-20-16(13-21(17)12-14)18(22)19-15-6-4-3-5-7-15/h3-13H,2H2,1H3,(H,19,22). The van der Waals surface area contributed by atoms with Crippen molar-refractivity contribution in [1.82, 2.24) is 9.38 Å². The average Bonchev–Trinajstić information content (AvgIpc) is 2.99. The topological polar surface area (TPSA) is 55.6 Å². The molecule has 0 spiro atoms. The van der Waals surface area contributed by atoms with Crippen molar-refractivity contribution in [2.24, 2.45) is 0 Å². The Kier molecular flexibility index (Phi) is 4.38. The van der Waals surface area contributed by atoms with Gasteiger partial charge >= 0.3 is 0 Å². The Labute approximate surface area is 134 Å². The summed E-state index contributed by atoms with van der Waals surface area (Å²) in [5, 5.41) is 2.83. The van der Waals surface area contributed by atoms with E-state index in [0.29, 0.717) is 12.3 Å². The molecule has 0 radical (unpaired) electrons. The molecule has 0 saturated carbocycles. The summed E-state index contributed by atoms with van der Waals surface area (Å²) < 4.78 is 7.01. The number of carbonyl (C=O) groups is 1. The monoisotopic (exact) mass is 307 g/mol. The van der Waals surface area contributed by atoms with Crippen LogP contribution in [0, 0.1) is 0 Å². The molecule has 5 heteroatoms. The largest absolute Gasteiger partial charge is 0.501 e. The van der Waals surface area contributed by atoms with Crippen LogP contribution >= 0.6 is 0 Å². The van der Waals surface area contributed by atoms with E-state index in [4.69, 9.17) is 4.74 Å². The Morgan fingerprint density at radius 2 is 2.04 bits per heavy atom. The van der Waals surface area contributed by atoms with E-state index in [1.165, 1.54) is 0 Å². The van der Waals surface area contributed by atoms with Crippen LogP contribution in [0.5, 0.6) is 0 Å². The lowest BCUT2D eigenvalue weighted by Crippen LogP contribution is -2.11. The van der Waals surface area contributed by atoms with Crippen molar-refractivity contribution in [2.75, 3.05) is 11.9 Å². The molecule has 3 aromatic rings. The highest BCUT2D eigenvalue weighted by atomic mass is 16.5. The Morgan fingerprint density at radius 3 is 2.83 bits per heavy atom. The molecular formula is C18H17N3O2. The average molecular weight is 307 g/mol. The molecule has 2 heterocycles. The first-order chi connectivity index (χ1) is 11.3. The minimum atomic E-state index is -0.230. The van der Waals surface area contributed by atoms with Crippen molar-refractivity contribution >= 4 is 23.3 Å². The van der Waals surface area contributed by atoms with Crippen LogP contribution in [-0.4, -0.2) is 21.9 Å². The number of pyridine rings is 1. The Hall–Kier alpha value is -3.08. The first-order valence-corrected chi connectivity index (χ1v) is 7.39. The van der Waals surface area contributed by atoms with Crippen molar-refractivity contribution in [3.8, 4) is 0 Å². The van der Waals surface area contributed by atoms with Crippen LogP contribution in [0.1, 0.15) is 23.0 Å². The summed E-state index contributed by atoms with van der Waals surface area (Å²) >= 11 is 0. The summed E-state index contributed by atoms with van der Waals surface area (Å²) in [7, 11) is 0. The molecule has 5 nitrogen and oxygen atoms in total. The molecule has 1 aromatic carbocycles. The molecule has 116 valence electrons. The fourth-order valence-corrected chi connectivity index (χ4v) is 2.16. The van der Waals surface area contributed by atoms with Crippen molar-refractivity contribution in [1.29, 1.82) is 0 Å². The van der Waals surface area contributed by atoms with Gasteiger partial charge in [-0.15, -0.1) is 0 Å². The number of anilines is 1. The molecule has 23 heavy (non-hydrogen) atoms. The van der Waals surface area contributed by atoms with Crippen LogP contribution in [0.3, 0.4) is 0 Å². The number of nitrogens with zero attached hydrogens (tertiary/aromatic N) is 2. The molecule has 2 aromatic heterocycles. The summed E-state index contributed by atoms with van der Waals surface area (Å²) in [6, 6.07) is 13.1. The number of imidazole rings is 1. The molecular weight excluding hydrogens is 290 g/mol. The van der Waals surface area contributed by atoms with E-state index >= 15 is 0 Å². The van der Waals surface area contributed by atoms with Crippen molar-refractivity contribution in [2.45, 2.75) is 6.92 Å². The van der Waals surface area contributed by atoms with Gasteiger partial charge in [-0.1, -0.05) is 18.2 Å². The Balaban J connectivity index is 1.80. The number of ether oxygens (including phenoxy) is 1. The zero-order chi connectivity index (χ0) is 16.1. The molecule has 1 amide bonds. The number of hydrogen-bond donors (Lipinski definition) is 1. The van der Waals surface area contributed by atoms with E-state index in [2.05, 4.69) is 10.3 Å². The third-order valence-corrected chi connectivity index (χ3v) is 3.26. The first kappa shape index (κ1) is 14.8. The van der Waals surface area contributed by atoms with Crippen LogP contribution in [0.15, 0.2) is 61.1 Å². The third kappa shape index (κ3) is 3.58. The van der Waals surface area contributed by atoms with Crippen LogP contribution in [0.25, 0.3) is 11.7 Å². The van der Waals surface area contributed by atoms with E-state index in [1.54, 1.807) is 12.5 Å². The van der Waals surface area contributed by atoms with Gasteiger partial charge in [0.25, 0.3) is 5.91 Å². The third-order valence-electron chi connectivity index (χ3n) is 3.26. The maximum absolute atomic E-state index is 12.3. The van der Waals surface area contributed by atoms with E-state index < -0.39 is 0 Å². The lowest BCUT2D eigenvalue weighted by molar-refractivity contribution is 0.102. The van der Waals surface area contributed by atoms with Crippen molar-refractivity contribution in [3.63, 3.8) is 0 Å². The van der Waals surface area contributed by atoms with Gasteiger partial charge in [0.15, 0.2) is 0 Å². The zero-order valence-electron chi connectivity index (χ0n) is 12.8. The number of carbonyl (C=O) groups excluding carboxylic acids is 1. The summed E-state index contributed by atoms with van der Waals surface area (Å²) in [6.45, 7) is 2.56. The fraction of sp³-hybridized carbons (Fsp3) is 0.111. The quantitative estimate of drug-likeness (QED) is 0.733. The van der Waals surface area contributed by atoms with E-state index in [0.717, 1.165) is 16.9 Å². The number of hydrogen-bond acceptors (Lipinski definition) is 3. The van der Waals surface area contributed by atoms with E-state index in [9.17, 15) is 4.79 Å². The number of amides is 1. The smallest absolute Gasteiger partial charge is 0.275 e. The highest BCUT2D eigenvalue weighted by Crippen LogP contribution is 2.12. The minimum absolute atomic E-state index is 0.230. The number of rotatable bonds is 5. The molecule has 0 bridgehead atoms. The molecule has 0 atom stereocenters. The maximum atomic E-state index is 12.3. The van der Waals surface area contributed by atoms with Gasteiger partial charge in [0.2, 0.25) is 0 Å². The van der Waals surface area contributed by atoms with Crippen LogP contribution in [0.4, 0.5) is 5.69 Å². The predicted octanol–water partition coefficient (Wildman–Crippen LogP) is 3.59. The molecule has 0 aliphatic heterocycles. The summed E-state index contributed by atoms with van der Waals surface area (Å²) in [6.07, 6.45) is 7.14. The molecule has 1 N–H and O–H groups in total. The SMILES string of the molecule is CCOC=Cc1ccc2nc(C(=O)Nc3ccccc3)cn2c1. The molecule has 0 saturated heterocycles. The van der Waals surface area contributed by atoms with Crippen LogP contribution < -0.4 is 5.32 Å². The van der Waals surface area contributed by atoms with Gasteiger partial charge in [-0.05, 0) is 42.8 Å². The Bertz CT molecular complexity index is 838. The van der Waals surface area contributed by atoms with Gasteiger partial charge in [0, 0.05) is 18.1 Å². The van der Waals surface area contributed by atoms with Gasteiger partial charge in [-0.2, -0.15) is 0 Å². The van der Waals surface area contributed by atoms with Crippen LogP contribution in [0.2, 0.25) is 0 Å². The van der Waals surface area contributed by atoms with E-state index in [1.807, 2.05) is 66.1 Å². The van der Waals surface area contributed by atoms with E-state index in [-0.39, 0.29) is 5.91 Å². The summed E-state index contributed by atoms with van der Waals surface area (Å²) in [4.78, 5) is 16.6. The van der Waals surface area contributed by atoms with Gasteiger partial charge in [-0.3, -0.25) is 4.79 Å². The zero-order valence-corrected chi connectivity index (χ0v) is 12.8.